The molecule has 0 spiro atoms. The molecule has 1 saturated heterocycles. The van der Waals surface area contributed by atoms with E-state index in [0.29, 0.717) is 5.41 Å². The van der Waals surface area contributed by atoms with Crippen LogP contribution in [0.1, 0.15) is 25.3 Å². The summed E-state index contributed by atoms with van der Waals surface area (Å²) >= 11 is 1.75. The highest BCUT2D eigenvalue weighted by atomic mass is 32.1. The maximum Gasteiger partial charge on any atom is 0.0794 e. The molecule has 0 bridgehead atoms. The van der Waals surface area contributed by atoms with Crippen molar-refractivity contribution in [2.45, 2.75) is 26.3 Å². The summed E-state index contributed by atoms with van der Waals surface area (Å²) in [5.74, 6) is 0. The number of aromatic nitrogens is 2. The van der Waals surface area contributed by atoms with Crippen LogP contribution in [0.25, 0.3) is 10.6 Å². The molecule has 0 amide bonds. The van der Waals surface area contributed by atoms with Gasteiger partial charge in [-0.15, -0.1) is 11.3 Å². The molecule has 4 nitrogen and oxygen atoms in total. The highest BCUT2D eigenvalue weighted by Crippen LogP contribution is 2.30. The van der Waals surface area contributed by atoms with Crippen molar-refractivity contribution in [1.82, 2.24) is 20.4 Å². The quantitative estimate of drug-likeness (QED) is 0.892. The van der Waals surface area contributed by atoms with Crippen molar-refractivity contribution in [1.29, 1.82) is 0 Å². The van der Waals surface area contributed by atoms with Gasteiger partial charge >= 0.3 is 0 Å². The van der Waals surface area contributed by atoms with Gasteiger partial charge in [-0.25, -0.2) is 0 Å². The third-order valence-corrected chi connectivity index (χ3v) is 5.43. The Balaban J connectivity index is 1.56. The monoisotopic (exact) mass is 304 g/mol. The molecule has 0 aliphatic carbocycles. The van der Waals surface area contributed by atoms with E-state index >= 15 is 0 Å². The molecule has 0 aromatic carbocycles. The fraction of sp³-hybridized carbons (Fsp3) is 0.562. The van der Waals surface area contributed by atoms with Crippen LogP contribution >= 0.6 is 11.3 Å². The predicted octanol–water partition coefficient (Wildman–Crippen LogP) is 2.96. The Hall–Kier alpha value is -1.17. The van der Waals surface area contributed by atoms with Crippen molar-refractivity contribution >= 4 is 11.3 Å². The van der Waals surface area contributed by atoms with Crippen LogP contribution in [0.5, 0.6) is 0 Å². The van der Waals surface area contributed by atoms with Crippen molar-refractivity contribution in [2.75, 3.05) is 26.7 Å². The molecule has 0 atom stereocenters. The standard InChI is InChI=1S/C16H24N4S/c1-16(5-7-20(2)8-6-16)12-17-10-13-11-18-19-15(13)14-4-3-9-21-14/h3-4,9,11,17H,5-8,10,12H2,1-2H3,(H,18,19). The van der Waals surface area contributed by atoms with E-state index in [-0.39, 0.29) is 0 Å². The van der Waals surface area contributed by atoms with Crippen LogP contribution in [0, 0.1) is 5.41 Å². The third-order valence-electron chi connectivity index (χ3n) is 4.55. The van der Waals surface area contributed by atoms with E-state index in [0.717, 1.165) is 18.8 Å². The van der Waals surface area contributed by atoms with E-state index in [1.54, 1.807) is 11.3 Å². The van der Waals surface area contributed by atoms with E-state index in [4.69, 9.17) is 0 Å². The highest BCUT2D eigenvalue weighted by Gasteiger charge is 2.28. The van der Waals surface area contributed by atoms with Gasteiger partial charge in [-0.3, -0.25) is 5.10 Å². The summed E-state index contributed by atoms with van der Waals surface area (Å²) in [4.78, 5) is 3.68. The maximum absolute atomic E-state index is 4.21. The fourth-order valence-corrected chi connectivity index (χ4v) is 3.67. The number of hydrogen-bond acceptors (Lipinski definition) is 4. The molecule has 2 N–H and O–H groups in total. The van der Waals surface area contributed by atoms with Crippen LogP contribution in [0.2, 0.25) is 0 Å². The Kier molecular flexibility index (Phi) is 4.42. The summed E-state index contributed by atoms with van der Waals surface area (Å²) in [6.45, 7) is 6.79. The summed E-state index contributed by atoms with van der Waals surface area (Å²) in [6.07, 6.45) is 4.50. The van der Waals surface area contributed by atoms with E-state index in [2.05, 4.69) is 51.9 Å². The average molecular weight is 304 g/mol. The van der Waals surface area contributed by atoms with Gasteiger partial charge in [0, 0.05) is 18.7 Å². The number of thiophene rings is 1. The summed E-state index contributed by atoms with van der Waals surface area (Å²) in [6, 6.07) is 4.22. The molecular formula is C16H24N4S. The van der Waals surface area contributed by atoms with E-state index in [1.165, 1.54) is 36.4 Å². The molecule has 1 aliphatic heterocycles. The van der Waals surface area contributed by atoms with Crippen LogP contribution in [0.3, 0.4) is 0 Å². The first-order valence-corrected chi connectivity index (χ1v) is 8.50. The van der Waals surface area contributed by atoms with Crippen molar-refractivity contribution < 1.29 is 0 Å². The third kappa shape index (κ3) is 3.54. The van der Waals surface area contributed by atoms with E-state index in [9.17, 15) is 0 Å². The molecule has 2 aromatic rings. The first-order chi connectivity index (χ1) is 10.2. The Labute approximate surface area is 130 Å². The maximum atomic E-state index is 4.21. The van der Waals surface area contributed by atoms with E-state index in [1.807, 2.05) is 6.20 Å². The number of likely N-dealkylation sites (tertiary alicyclic amines) is 1. The molecule has 3 rings (SSSR count). The van der Waals surface area contributed by atoms with Gasteiger partial charge in [-0.2, -0.15) is 5.10 Å². The minimum absolute atomic E-state index is 0.430. The zero-order chi connectivity index (χ0) is 14.7. The number of nitrogens with zero attached hydrogens (tertiary/aromatic N) is 2. The average Bonchev–Trinajstić information content (AvgIpc) is 3.13. The van der Waals surface area contributed by atoms with Gasteiger partial charge in [-0.05, 0) is 49.8 Å². The molecule has 1 fully saturated rings. The summed E-state index contributed by atoms with van der Waals surface area (Å²) in [5, 5.41) is 13.1. The first-order valence-electron chi connectivity index (χ1n) is 7.62. The molecule has 21 heavy (non-hydrogen) atoms. The Bertz CT molecular complexity index is 553. The van der Waals surface area contributed by atoms with Crippen LogP contribution in [0.15, 0.2) is 23.7 Å². The summed E-state index contributed by atoms with van der Waals surface area (Å²) in [5.41, 5.74) is 2.85. The second kappa shape index (κ2) is 6.30. The zero-order valence-electron chi connectivity index (χ0n) is 12.9. The first kappa shape index (κ1) is 14.8. The van der Waals surface area contributed by atoms with Gasteiger partial charge in [0.05, 0.1) is 16.8 Å². The lowest BCUT2D eigenvalue weighted by Gasteiger charge is -2.38. The molecule has 3 heterocycles. The number of nitrogens with one attached hydrogen (secondary N) is 2. The smallest absolute Gasteiger partial charge is 0.0794 e. The fourth-order valence-electron chi connectivity index (χ4n) is 2.91. The van der Waals surface area contributed by atoms with Gasteiger partial charge in [0.15, 0.2) is 0 Å². The Morgan fingerprint density at radius 3 is 2.95 bits per heavy atom. The van der Waals surface area contributed by atoms with Crippen molar-refractivity contribution in [3.8, 4) is 10.6 Å². The van der Waals surface area contributed by atoms with Gasteiger partial charge < -0.3 is 10.2 Å². The molecule has 1 aliphatic rings. The van der Waals surface area contributed by atoms with Crippen LogP contribution in [-0.4, -0.2) is 41.8 Å². The lowest BCUT2D eigenvalue weighted by molar-refractivity contribution is 0.137. The molecule has 0 radical (unpaired) electrons. The molecule has 0 saturated carbocycles. The Morgan fingerprint density at radius 1 is 1.43 bits per heavy atom. The van der Waals surface area contributed by atoms with Gasteiger partial charge in [0.25, 0.3) is 0 Å². The zero-order valence-corrected chi connectivity index (χ0v) is 13.7. The summed E-state index contributed by atoms with van der Waals surface area (Å²) < 4.78 is 0. The topological polar surface area (TPSA) is 44.0 Å². The summed E-state index contributed by atoms with van der Waals surface area (Å²) in [7, 11) is 2.21. The second-order valence-electron chi connectivity index (χ2n) is 6.47. The molecule has 2 aromatic heterocycles. The number of H-pyrrole nitrogens is 1. The van der Waals surface area contributed by atoms with E-state index < -0.39 is 0 Å². The molecule has 114 valence electrons. The molecule has 0 unspecified atom stereocenters. The van der Waals surface area contributed by atoms with Crippen molar-refractivity contribution in [2.24, 2.45) is 5.41 Å². The number of rotatable bonds is 5. The largest absolute Gasteiger partial charge is 0.312 e. The predicted molar refractivity (Wildman–Crippen MR) is 88.4 cm³/mol. The number of hydrogen-bond donors (Lipinski definition) is 2. The molecular weight excluding hydrogens is 280 g/mol. The van der Waals surface area contributed by atoms with Gasteiger partial charge in [0.2, 0.25) is 0 Å². The highest BCUT2D eigenvalue weighted by molar-refractivity contribution is 7.13. The lowest BCUT2D eigenvalue weighted by Crippen LogP contribution is -2.41. The number of piperidine rings is 1. The number of aromatic amines is 1. The van der Waals surface area contributed by atoms with Gasteiger partial charge in [0.1, 0.15) is 0 Å². The van der Waals surface area contributed by atoms with Crippen LogP contribution in [0.4, 0.5) is 0 Å². The molecule has 5 heteroatoms. The van der Waals surface area contributed by atoms with Crippen LogP contribution in [-0.2, 0) is 6.54 Å². The van der Waals surface area contributed by atoms with Gasteiger partial charge in [-0.1, -0.05) is 13.0 Å². The van der Waals surface area contributed by atoms with Crippen molar-refractivity contribution in [3.63, 3.8) is 0 Å². The van der Waals surface area contributed by atoms with Crippen LogP contribution < -0.4 is 5.32 Å². The minimum Gasteiger partial charge on any atom is -0.312 e. The Morgan fingerprint density at radius 2 is 2.24 bits per heavy atom. The normalized spacial score (nSPS) is 19.0. The second-order valence-corrected chi connectivity index (χ2v) is 7.41. The van der Waals surface area contributed by atoms with Crippen molar-refractivity contribution in [3.05, 3.63) is 29.3 Å². The minimum atomic E-state index is 0.430. The SMILES string of the molecule is CN1CCC(C)(CNCc2cn[nH]c2-c2cccs2)CC1. The lowest BCUT2D eigenvalue weighted by atomic mass is 9.80.